The number of aromatic nitrogens is 4. The lowest BCUT2D eigenvalue weighted by Crippen LogP contribution is -2.49. The lowest BCUT2D eigenvalue weighted by atomic mass is 9.78. The maximum Gasteiger partial charge on any atom is 0.350 e. The molecule has 0 saturated carbocycles. The topological polar surface area (TPSA) is 96.4 Å². The fourth-order valence-electron chi connectivity index (χ4n) is 5.52. The first kappa shape index (κ1) is 21.9. The molecular weight excluding hydrogens is 468 g/mol. The number of aromatic amines is 1. The van der Waals surface area contributed by atoms with E-state index >= 15 is 0 Å². The van der Waals surface area contributed by atoms with Gasteiger partial charge >= 0.3 is 5.69 Å². The lowest BCUT2D eigenvalue weighted by molar-refractivity contribution is -0.126. The first-order valence-electron chi connectivity index (χ1n) is 11.8. The summed E-state index contributed by atoms with van der Waals surface area (Å²) >= 11 is 7.00. The second-order valence-corrected chi connectivity index (χ2v) is 9.57. The Balaban J connectivity index is 1.51. The van der Waals surface area contributed by atoms with E-state index in [1.54, 1.807) is 9.47 Å². The molecule has 6 rings (SSSR count). The fourth-order valence-corrected chi connectivity index (χ4v) is 5.83. The number of carbonyl (C=O) groups excluding carboxylic acids is 1. The van der Waals surface area contributed by atoms with Crippen LogP contribution in [-0.4, -0.2) is 63.3 Å². The molecule has 1 unspecified atom stereocenters. The summed E-state index contributed by atoms with van der Waals surface area (Å²) < 4.78 is 7.94. The molecule has 35 heavy (non-hydrogen) atoms. The molecule has 1 fully saturated rings. The molecule has 4 heterocycles. The number of nitrogens with zero attached hydrogens (tertiary/aromatic N) is 5. The molecule has 1 N–H and O–H groups in total. The quantitative estimate of drug-likeness (QED) is 0.565. The van der Waals surface area contributed by atoms with Crippen LogP contribution in [0.1, 0.15) is 29.7 Å². The molecule has 2 aliphatic heterocycles. The Hall–Kier alpha value is -3.59. The van der Waals surface area contributed by atoms with Gasteiger partial charge in [0, 0.05) is 53.6 Å². The van der Waals surface area contributed by atoms with Gasteiger partial charge in [-0.05, 0) is 24.1 Å². The van der Waals surface area contributed by atoms with Crippen LogP contribution in [0.2, 0.25) is 5.02 Å². The van der Waals surface area contributed by atoms with Crippen molar-refractivity contribution in [3.63, 3.8) is 0 Å². The van der Waals surface area contributed by atoms with Gasteiger partial charge in [0.15, 0.2) is 0 Å². The fraction of sp³-hybridized carbons (Fsp3) is 0.360. The Bertz CT molecular complexity index is 1450. The van der Waals surface area contributed by atoms with E-state index in [0.717, 1.165) is 27.7 Å². The van der Waals surface area contributed by atoms with E-state index in [9.17, 15) is 9.59 Å². The second-order valence-electron chi connectivity index (χ2n) is 9.17. The van der Waals surface area contributed by atoms with Crippen molar-refractivity contribution in [3.05, 3.63) is 63.3 Å². The highest BCUT2D eigenvalue weighted by Crippen LogP contribution is 2.49. The largest absolute Gasteiger partial charge is 0.489 e. The van der Waals surface area contributed by atoms with E-state index in [-0.39, 0.29) is 23.4 Å². The highest BCUT2D eigenvalue weighted by Gasteiger charge is 2.35. The number of halogens is 1. The first-order valence-corrected chi connectivity index (χ1v) is 12.1. The van der Waals surface area contributed by atoms with E-state index in [1.165, 1.54) is 6.08 Å². The number of anilines is 1. The van der Waals surface area contributed by atoms with Crippen LogP contribution >= 0.6 is 11.6 Å². The number of ether oxygens (including phenoxy) is 1. The number of hydrogen-bond acceptors (Lipinski definition) is 6. The number of amides is 1. The minimum absolute atomic E-state index is 0.0626. The molecular formula is C25H25ClN6O3. The van der Waals surface area contributed by atoms with Gasteiger partial charge in [-0.3, -0.25) is 14.5 Å². The van der Waals surface area contributed by atoms with Crippen LogP contribution in [0, 0.1) is 5.92 Å². The van der Waals surface area contributed by atoms with Crippen molar-refractivity contribution < 1.29 is 9.53 Å². The molecule has 2 aromatic heterocycles. The number of nitrogens with one attached hydrogen (secondary N) is 1. The Morgan fingerprint density at radius 1 is 1.29 bits per heavy atom. The van der Waals surface area contributed by atoms with Crippen LogP contribution in [0.5, 0.6) is 5.75 Å². The zero-order chi connectivity index (χ0) is 24.3. The minimum atomic E-state index is -0.310. The van der Waals surface area contributed by atoms with E-state index in [4.69, 9.17) is 16.3 Å². The summed E-state index contributed by atoms with van der Waals surface area (Å²) in [6.45, 7) is 8.69. The standard InChI is InChI=1S/C25H25ClN6O3/c1-3-19(33)30-6-8-31(9-7-30)24-15-12-17(26)21(20-14(2)4-5-18-16(20)13-27-29-18)23-22(15)32(10-11-35-23)25(34)28-24/h3-5,12-14,20H,1,6-11H2,2H3,(H,27,29)/t14-,20?/m1/s1. The van der Waals surface area contributed by atoms with Crippen molar-refractivity contribution in [3.8, 4) is 5.75 Å². The van der Waals surface area contributed by atoms with Gasteiger partial charge in [0.25, 0.3) is 0 Å². The maximum absolute atomic E-state index is 13.2. The first-order chi connectivity index (χ1) is 17.0. The monoisotopic (exact) mass is 492 g/mol. The molecule has 2 atom stereocenters. The molecule has 3 aromatic rings. The molecule has 180 valence electrons. The maximum atomic E-state index is 13.2. The Labute approximate surface area is 206 Å². The third-order valence-electron chi connectivity index (χ3n) is 7.25. The summed E-state index contributed by atoms with van der Waals surface area (Å²) in [7, 11) is 0. The van der Waals surface area contributed by atoms with Crippen molar-refractivity contribution in [2.24, 2.45) is 5.92 Å². The summed E-state index contributed by atoms with van der Waals surface area (Å²) in [6, 6.07) is 1.91. The van der Waals surface area contributed by atoms with E-state index in [0.29, 0.717) is 55.9 Å². The second kappa shape index (κ2) is 8.27. The Kier molecular flexibility index (Phi) is 5.17. The van der Waals surface area contributed by atoms with Gasteiger partial charge in [-0.15, -0.1) is 0 Å². The number of rotatable bonds is 3. The summed E-state index contributed by atoms with van der Waals surface area (Å²) in [5, 5.41) is 8.64. The zero-order valence-corrected chi connectivity index (χ0v) is 20.1. The van der Waals surface area contributed by atoms with Crippen LogP contribution in [0.25, 0.3) is 17.0 Å². The van der Waals surface area contributed by atoms with Crippen molar-refractivity contribution in [1.29, 1.82) is 0 Å². The number of allylic oxidation sites excluding steroid dienone is 1. The molecule has 1 aromatic carbocycles. The number of carbonyl (C=O) groups is 1. The van der Waals surface area contributed by atoms with Crippen LogP contribution in [0.4, 0.5) is 5.82 Å². The highest BCUT2D eigenvalue weighted by molar-refractivity contribution is 6.33. The van der Waals surface area contributed by atoms with E-state index < -0.39 is 0 Å². The summed E-state index contributed by atoms with van der Waals surface area (Å²) in [5.41, 5.74) is 3.28. The minimum Gasteiger partial charge on any atom is -0.489 e. The summed E-state index contributed by atoms with van der Waals surface area (Å²) in [5.74, 6) is 1.22. The van der Waals surface area contributed by atoms with Gasteiger partial charge < -0.3 is 14.5 Å². The van der Waals surface area contributed by atoms with Gasteiger partial charge in [0.2, 0.25) is 5.91 Å². The smallest absolute Gasteiger partial charge is 0.350 e. The third kappa shape index (κ3) is 3.36. The van der Waals surface area contributed by atoms with Gasteiger partial charge in [-0.2, -0.15) is 10.1 Å². The van der Waals surface area contributed by atoms with Gasteiger partial charge in [0.05, 0.1) is 24.0 Å². The van der Waals surface area contributed by atoms with Crippen molar-refractivity contribution in [2.45, 2.75) is 19.4 Å². The van der Waals surface area contributed by atoms with Crippen molar-refractivity contribution in [2.75, 3.05) is 37.7 Å². The highest BCUT2D eigenvalue weighted by atomic mass is 35.5. The van der Waals surface area contributed by atoms with E-state index in [1.807, 2.05) is 23.2 Å². The van der Waals surface area contributed by atoms with Crippen molar-refractivity contribution in [1.82, 2.24) is 24.6 Å². The molecule has 10 heteroatoms. The molecule has 3 aliphatic rings. The van der Waals surface area contributed by atoms with Crippen LogP contribution in [0.15, 0.2) is 35.8 Å². The average molecular weight is 493 g/mol. The Morgan fingerprint density at radius 3 is 2.86 bits per heavy atom. The molecule has 1 amide bonds. The predicted octanol–water partition coefficient (Wildman–Crippen LogP) is 2.79. The van der Waals surface area contributed by atoms with Gasteiger partial charge in [0.1, 0.15) is 18.2 Å². The molecule has 0 spiro atoms. The lowest BCUT2D eigenvalue weighted by Gasteiger charge is -2.36. The molecule has 1 aliphatic carbocycles. The number of benzene rings is 1. The normalized spacial score (nSPS) is 21.1. The number of hydrogen-bond donors (Lipinski definition) is 1. The average Bonchev–Trinajstić information content (AvgIpc) is 3.35. The summed E-state index contributed by atoms with van der Waals surface area (Å²) in [6.07, 6.45) is 7.34. The molecule has 1 saturated heterocycles. The van der Waals surface area contributed by atoms with Crippen LogP contribution in [0.3, 0.4) is 0 Å². The van der Waals surface area contributed by atoms with Crippen LogP contribution < -0.4 is 15.3 Å². The van der Waals surface area contributed by atoms with Gasteiger partial charge in [-0.1, -0.05) is 31.2 Å². The molecule has 0 radical (unpaired) electrons. The van der Waals surface area contributed by atoms with Crippen molar-refractivity contribution >= 4 is 40.3 Å². The van der Waals surface area contributed by atoms with Crippen LogP contribution in [-0.2, 0) is 11.3 Å². The number of piperazine rings is 1. The van der Waals surface area contributed by atoms with E-state index in [2.05, 4.69) is 34.8 Å². The van der Waals surface area contributed by atoms with Gasteiger partial charge in [-0.25, -0.2) is 4.79 Å². The third-order valence-corrected chi connectivity index (χ3v) is 7.56. The number of H-pyrrole nitrogens is 1. The summed E-state index contributed by atoms with van der Waals surface area (Å²) in [4.78, 5) is 33.4. The SMILES string of the molecule is C=CC(=O)N1CCN(c2nc(=O)n3c4c(c(C5c6cn[nH]c6C=C[C@H]5C)c(Cl)cc24)OCC3)CC1. The number of fused-ring (bicyclic) bond motifs is 1. The zero-order valence-electron chi connectivity index (χ0n) is 19.3. The Morgan fingerprint density at radius 2 is 2.09 bits per heavy atom. The molecule has 0 bridgehead atoms. The predicted molar refractivity (Wildman–Crippen MR) is 134 cm³/mol. The molecule has 9 nitrogen and oxygen atoms in total.